The number of hydrogen-bond acceptors (Lipinski definition) is 7. The Morgan fingerprint density at radius 2 is 1.31 bits per heavy atom. The molecule has 1 heterocycles. The van der Waals surface area contributed by atoms with E-state index in [0.29, 0.717) is 34.5 Å². The first-order valence-corrected chi connectivity index (χ1v) is 18.1. The molecule has 48 heavy (non-hydrogen) atoms. The van der Waals surface area contributed by atoms with Crippen LogP contribution < -0.4 is 23.0 Å². The molecule has 0 N–H and O–H groups in total. The van der Waals surface area contributed by atoms with Gasteiger partial charge in [0.15, 0.2) is 11.6 Å². The quantitative estimate of drug-likeness (QED) is 0.0695. The fraction of sp³-hybridized carbons (Fsp3) is 0.237. The van der Waals surface area contributed by atoms with Crippen molar-refractivity contribution in [2.45, 2.75) is 58.0 Å². The summed E-state index contributed by atoms with van der Waals surface area (Å²) in [6.07, 6.45) is 8.09. The Morgan fingerprint density at radius 3 is 1.85 bits per heavy atom. The Hall–Kier alpha value is -4.65. The molecule has 1 aromatic heterocycles. The SMILES string of the molecule is CCc1c(Cl)c(N(c2ccccc2)C2CCCCC2)nc[n+]1CC(=O)c1ccc(OP(=O)(Oc2ccccc2)Oc2ccccc2)cc1. The van der Waals surface area contributed by atoms with E-state index in [1.54, 1.807) is 79.1 Å². The minimum atomic E-state index is -4.16. The topological polar surface area (TPSA) is 81.8 Å². The molecule has 0 bridgehead atoms. The predicted molar refractivity (Wildman–Crippen MR) is 187 cm³/mol. The maximum atomic E-state index is 13.8. The molecule has 0 atom stereocenters. The van der Waals surface area contributed by atoms with E-state index in [1.165, 1.54) is 19.3 Å². The molecule has 10 heteroatoms. The van der Waals surface area contributed by atoms with Crippen LogP contribution in [-0.2, 0) is 17.5 Å². The summed E-state index contributed by atoms with van der Waals surface area (Å²) >= 11 is 7.10. The standard InChI is InChI=1S/C38H38ClN3O5P/c1-2-35-37(39)38(42(30-15-7-3-8-16-30)31-17-9-4-10-18-31)40-28-41(35)27-36(43)29-23-25-34(26-24-29)47-48(44,45-32-19-11-5-12-20-32)46-33-21-13-6-14-22-33/h3,5-8,11-16,19-26,28,31H,2,4,9-10,17-18,27H2,1H3/q+1. The lowest BCUT2D eigenvalue weighted by molar-refractivity contribution is -0.693. The fourth-order valence-corrected chi connectivity index (χ4v) is 7.59. The highest BCUT2D eigenvalue weighted by Gasteiger charge is 2.34. The number of halogens is 1. The van der Waals surface area contributed by atoms with Crippen LogP contribution in [0.15, 0.2) is 122 Å². The third kappa shape index (κ3) is 8.07. The molecule has 6 rings (SSSR count). The van der Waals surface area contributed by atoms with E-state index in [4.69, 9.17) is 30.2 Å². The van der Waals surface area contributed by atoms with Crippen molar-refractivity contribution in [2.75, 3.05) is 4.90 Å². The Bertz CT molecular complexity index is 1810. The first-order chi connectivity index (χ1) is 23.4. The van der Waals surface area contributed by atoms with Crippen molar-refractivity contribution in [1.82, 2.24) is 4.98 Å². The van der Waals surface area contributed by atoms with Crippen molar-refractivity contribution in [3.63, 3.8) is 0 Å². The second-order valence-corrected chi connectivity index (χ2v) is 13.4. The molecule has 0 radical (unpaired) electrons. The summed E-state index contributed by atoms with van der Waals surface area (Å²) in [5.41, 5.74) is 2.35. The number of para-hydroxylation sites is 3. The van der Waals surface area contributed by atoms with Gasteiger partial charge in [-0.1, -0.05) is 92.4 Å². The van der Waals surface area contributed by atoms with E-state index in [2.05, 4.69) is 17.0 Å². The highest BCUT2D eigenvalue weighted by atomic mass is 35.5. The predicted octanol–water partition coefficient (Wildman–Crippen LogP) is 9.58. The molecule has 0 unspecified atom stereocenters. The molecule has 1 fully saturated rings. The molecule has 4 aromatic carbocycles. The second-order valence-electron chi connectivity index (χ2n) is 11.6. The maximum Gasteiger partial charge on any atom is 0.647 e. The summed E-state index contributed by atoms with van der Waals surface area (Å²) in [6, 6.07) is 34.3. The number of phosphoric acid groups is 1. The summed E-state index contributed by atoms with van der Waals surface area (Å²) in [4.78, 5) is 20.6. The van der Waals surface area contributed by atoms with E-state index >= 15 is 0 Å². The van der Waals surface area contributed by atoms with Gasteiger partial charge in [-0.15, -0.1) is 0 Å². The zero-order valence-electron chi connectivity index (χ0n) is 26.8. The molecule has 0 spiro atoms. The van der Waals surface area contributed by atoms with Gasteiger partial charge in [0.25, 0.3) is 12.1 Å². The molecule has 1 aliphatic rings. The van der Waals surface area contributed by atoms with E-state index in [-0.39, 0.29) is 18.1 Å². The fourth-order valence-electron chi connectivity index (χ4n) is 5.96. The minimum absolute atomic E-state index is 0.0534. The molecule has 5 aromatic rings. The monoisotopic (exact) mass is 682 g/mol. The Kier molecular flexibility index (Phi) is 10.7. The number of Topliss-reactive ketones (excluding diaryl/α,β-unsaturated/α-hetero) is 1. The number of anilines is 2. The van der Waals surface area contributed by atoms with Gasteiger partial charge in [0.2, 0.25) is 5.78 Å². The lowest BCUT2D eigenvalue weighted by atomic mass is 9.93. The number of carbonyl (C=O) groups excluding carboxylic acids is 1. The van der Waals surface area contributed by atoms with E-state index in [1.807, 2.05) is 41.8 Å². The molecular weight excluding hydrogens is 645 g/mol. The van der Waals surface area contributed by atoms with Gasteiger partial charge in [0.1, 0.15) is 22.9 Å². The zero-order chi connectivity index (χ0) is 33.3. The largest absolute Gasteiger partial charge is 0.647 e. The molecule has 8 nitrogen and oxygen atoms in total. The van der Waals surface area contributed by atoms with Gasteiger partial charge in [0, 0.05) is 23.7 Å². The van der Waals surface area contributed by atoms with E-state index in [9.17, 15) is 9.36 Å². The van der Waals surface area contributed by atoms with Crippen LogP contribution in [-0.4, -0.2) is 16.8 Å². The van der Waals surface area contributed by atoms with E-state index < -0.39 is 7.82 Å². The zero-order valence-corrected chi connectivity index (χ0v) is 28.4. The van der Waals surface area contributed by atoms with Crippen LogP contribution in [0.3, 0.4) is 0 Å². The highest BCUT2D eigenvalue weighted by molar-refractivity contribution is 7.49. The van der Waals surface area contributed by atoms with Crippen LogP contribution in [0, 0.1) is 0 Å². The third-order valence-electron chi connectivity index (χ3n) is 8.28. The number of benzene rings is 4. The van der Waals surface area contributed by atoms with Crippen LogP contribution in [0.25, 0.3) is 0 Å². The van der Waals surface area contributed by atoms with Gasteiger partial charge < -0.3 is 18.5 Å². The summed E-state index contributed by atoms with van der Waals surface area (Å²) in [7, 11) is -4.16. The van der Waals surface area contributed by atoms with Crippen LogP contribution in [0.4, 0.5) is 11.5 Å². The Balaban J connectivity index is 1.20. The number of carbonyl (C=O) groups is 1. The smallest absolute Gasteiger partial charge is 0.386 e. The average molecular weight is 683 g/mol. The number of phosphoric ester groups is 1. The first-order valence-electron chi connectivity index (χ1n) is 16.3. The van der Waals surface area contributed by atoms with Crippen molar-refractivity contribution in [2.24, 2.45) is 0 Å². The third-order valence-corrected chi connectivity index (χ3v) is 9.97. The molecule has 246 valence electrons. The molecule has 1 aliphatic carbocycles. The van der Waals surface area contributed by atoms with Crippen molar-refractivity contribution < 1.29 is 27.5 Å². The van der Waals surface area contributed by atoms with Gasteiger partial charge >= 0.3 is 7.82 Å². The number of rotatable bonds is 13. The first kappa shape index (κ1) is 33.3. The van der Waals surface area contributed by atoms with Gasteiger partial charge in [-0.05, 0) is 78.5 Å². The summed E-state index contributed by atoms with van der Waals surface area (Å²) in [6.45, 7) is 2.08. The van der Waals surface area contributed by atoms with Crippen LogP contribution in [0.2, 0.25) is 5.02 Å². The van der Waals surface area contributed by atoms with Crippen LogP contribution >= 0.6 is 19.4 Å². The molecule has 1 saturated carbocycles. The number of hydrogen-bond donors (Lipinski definition) is 0. The molecule has 0 saturated heterocycles. The minimum Gasteiger partial charge on any atom is -0.386 e. The lowest BCUT2D eigenvalue weighted by Crippen LogP contribution is -2.44. The highest BCUT2D eigenvalue weighted by Crippen LogP contribution is 2.49. The molecular formula is C38H38ClN3O5P+. The Morgan fingerprint density at radius 1 is 0.792 bits per heavy atom. The van der Waals surface area contributed by atoms with Crippen molar-refractivity contribution in [3.05, 3.63) is 138 Å². The average Bonchev–Trinajstić information content (AvgIpc) is 3.11. The molecule has 0 aliphatic heterocycles. The maximum absolute atomic E-state index is 13.8. The van der Waals surface area contributed by atoms with Gasteiger partial charge in [-0.3, -0.25) is 4.79 Å². The second kappa shape index (κ2) is 15.5. The van der Waals surface area contributed by atoms with Gasteiger partial charge in [-0.2, -0.15) is 4.57 Å². The van der Waals surface area contributed by atoms with Crippen LogP contribution in [0.1, 0.15) is 55.1 Å². The van der Waals surface area contributed by atoms with Gasteiger partial charge in [0.05, 0.1) is 0 Å². The van der Waals surface area contributed by atoms with Crippen molar-refractivity contribution in [1.29, 1.82) is 0 Å². The Labute approximate surface area is 286 Å². The lowest BCUT2D eigenvalue weighted by Gasteiger charge is -2.34. The molecule has 0 amide bonds. The summed E-state index contributed by atoms with van der Waals surface area (Å²) in [5, 5.41) is 0.554. The number of ketones is 1. The van der Waals surface area contributed by atoms with Crippen LogP contribution in [0.5, 0.6) is 17.2 Å². The summed E-state index contributed by atoms with van der Waals surface area (Å²) < 4.78 is 32.8. The summed E-state index contributed by atoms with van der Waals surface area (Å²) in [5.74, 6) is 1.47. The van der Waals surface area contributed by atoms with Gasteiger partial charge in [-0.25, -0.2) is 4.57 Å². The van der Waals surface area contributed by atoms with E-state index in [0.717, 1.165) is 30.0 Å². The number of nitrogens with zero attached hydrogens (tertiary/aromatic N) is 3. The van der Waals surface area contributed by atoms with Crippen molar-refractivity contribution >= 4 is 36.7 Å². The number of aromatic nitrogens is 2. The normalized spacial score (nSPS) is 13.5. The van der Waals surface area contributed by atoms with Crippen molar-refractivity contribution in [3.8, 4) is 17.2 Å².